The molecule has 2 rings (SSSR count). The van der Waals surface area contributed by atoms with Crippen molar-refractivity contribution in [1.82, 2.24) is 20.0 Å². The Kier molecular flexibility index (Phi) is 7.65. The second-order valence-electron chi connectivity index (χ2n) is 6.71. The number of nitrogens with one attached hydrogen (secondary N) is 1. The first-order valence-electron chi connectivity index (χ1n) is 8.02. The summed E-state index contributed by atoms with van der Waals surface area (Å²) < 4.78 is 2.00. The molecule has 2 heterocycles. The van der Waals surface area contributed by atoms with Crippen molar-refractivity contribution in [2.24, 2.45) is 10.4 Å². The maximum absolute atomic E-state index is 4.77. The molecule has 5 nitrogen and oxygen atoms in total. The van der Waals surface area contributed by atoms with Crippen molar-refractivity contribution >= 4 is 29.9 Å². The molecule has 1 aromatic heterocycles. The monoisotopic (exact) mass is 419 g/mol. The van der Waals surface area contributed by atoms with Crippen LogP contribution >= 0.6 is 24.0 Å². The number of aromatic nitrogens is 2. The van der Waals surface area contributed by atoms with Crippen molar-refractivity contribution in [2.45, 2.75) is 47.1 Å². The quantitative estimate of drug-likeness (QED) is 0.346. The van der Waals surface area contributed by atoms with Gasteiger partial charge in [-0.25, -0.2) is 0 Å². The van der Waals surface area contributed by atoms with Crippen LogP contribution in [0.2, 0.25) is 0 Å². The highest BCUT2D eigenvalue weighted by Gasteiger charge is 2.30. The average molecular weight is 419 g/mol. The van der Waals surface area contributed by atoms with Crippen molar-refractivity contribution in [3.05, 3.63) is 18.0 Å². The zero-order valence-corrected chi connectivity index (χ0v) is 16.6. The lowest BCUT2D eigenvalue weighted by molar-refractivity contribution is 0.370. The Labute approximate surface area is 151 Å². The molecule has 0 aromatic carbocycles. The summed E-state index contributed by atoms with van der Waals surface area (Å²) in [6.07, 6.45) is 6.24. The lowest BCUT2D eigenvalue weighted by Crippen LogP contribution is -2.40. The first kappa shape index (κ1) is 19.3. The van der Waals surface area contributed by atoms with Crippen LogP contribution in [0.25, 0.3) is 0 Å². The highest BCUT2D eigenvalue weighted by atomic mass is 127. The number of likely N-dealkylation sites (tertiary alicyclic amines) is 1. The van der Waals surface area contributed by atoms with Crippen LogP contribution in [0.1, 0.15) is 39.2 Å². The summed E-state index contributed by atoms with van der Waals surface area (Å²) in [5, 5.41) is 7.73. The van der Waals surface area contributed by atoms with Crippen LogP contribution in [-0.4, -0.2) is 46.8 Å². The molecule has 126 valence electrons. The Balaban J connectivity index is 0.00000242. The topological polar surface area (TPSA) is 45.5 Å². The summed E-state index contributed by atoms with van der Waals surface area (Å²) in [5.41, 5.74) is 1.62. The molecule has 1 saturated heterocycles. The lowest BCUT2D eigenvalue weighted by Gasteiger charge is -2.23. The van der Waals surface area contributed by atoms with Gasteiger partial charge in [0.15, 0.2) is 5.96 Å². The van der Waals surface area contributed by atoms with Gasteiger partial charge in [0.1, 0.15) is 0 Å². The van der Waals surface area contributed by atoms with Gasteiger partial charge in [0, 0.05) is 38.9 Å². The largest absolute Gasteiger partial charge is 0.357 e. The van der Waals surface area contributed by atoms with Crippen molar-refractivity contribution in [1.29, 1.82) is 0 Å². The number of halogens is 1. The van der Waals surface area contributed by atoms with Crippen molar-refractivity contribution in [2.75, 3.05) is 26.2 Å². The van der Waals surface area contributed by atoms with E-state index in [1.807, 2.05) is 10.9 Å². The SMILES string of the molecule is CCNC(=NCCCn1cc(C)cn1)N1CCC(C)(C)C1.I. The maximum Gasteiger partial charge on any atom is 0.193 e. The summed E-state index contributed by atoms with van der Waals surface area (Å²) in [6.45, 7) is 13.8. The van der Waals surface area contributed by atoms with Crippen LogP contribution in [0.3, 0.4) is 0 Å². The highest BCUT2D eigenvalue weighted by molar-refractivity contribution is 14.0. The Bertz CT molecular complexity index is 481. The van der Waals surface area contributed by atoms with Gasteiger partial charge in [0.2, 0.25) is 0 Å². The van der Waals surface area contributed by atoms with E-state index in [0.29, 0.717) is 5.41 Å². The number of hydrogen-bond acceptors (Lipinski definition) is 2. The van der Waals surface area contributed by atoms with E-state index in [9.17, 15) is 0 Å². The molecule has 0 saturated carbocycles. The minimum Gasteiger partial charge on any atom is -0.357 e. The summed E-state index contributed by atoms with van der Waals surface area (Å²) in [4.78, 5) is 7.16. The molecule has 0 spiro atoms. The molecule has 0 aliphatic carbocycles. The fourth-order valence-electron chi connectivity index (χ4n) is 2.73. The molecule has 1 fully saturated rings. The zero-order chi connectivity index (χ0) is 15.3. The van der Waals surface area contributed by atoms with Gasteiger partial charge in [-0.1, -0.05) is 13.8 Å². The predicted octanol–water partition coefficient (Wildman–Crippen LogP) is 2.90. The van der Waals surface area contributed by atoms with Gasteiger partial charge in [0.05, 0.1) is 6.20 Å². The number of nitrogens with zero attached hydrogens (tertiary/aromatic N) is 4. The maximum atomic E-state index is 4.77. The molecular formula is C16H30IN5. The third-order valence-electron chi connectivity index (χ3n) is 3.88. The molecule has 0 radical (unpaired) electrons. The van der Waals surface area contributed by atoms with Crippen molar-refractivity contribution < 1.29 is 0 Å². The van der Waals surface area contributed by atoms with Gasteiger partial charge in [-0.3, -0.25) is 9.67 Å². The molecular weight excluding hydrogens is 389 g/mol. The molecule has 1 aliphatic rings. The van der Waals surface area contributed by atoms with Gasteiger partial charge < -0.3 is 10.2 Å². The van der Waals surface area contributed by atoms with E-state index < -0.39 is 0 Å². The normalized spacial score (nSPS) is 17.5. The second-order valence-corrected chi connectivity index (χ2v) is 6.71. The van der Waals surface area contributed by atoms with Gasteiger partial charge in [-0.15, -0.1) is 24.0 Å². The molecule has 1 aliphatic heterocycles. The van der Waals surface area contributed by atoms with E-state index in [1.54, 1.807) is 0 Å². The van der Waals surface area contributed by atoms with Crippen LogP contribution in [0.15, 0.2) is 17.4 Å². The number of rotatable bonds is 5. The van der Waals surface area contributed by atoms with Crippen LogP contribution in [0.5, 0.6) is 0 Å². The Morgan fingerprint density at radius 3 is 2.77 bits per heavy atom. The summed E-state index contributed by atoms with van der Waals surface area (Å²) in [6, 6.07) is 0. The van der Waals surface area contributed by atoms with Crippen LogP contribution in [-0.2, 0) is 6.54 Å². The van der Waals surface area contributed by atoms with E-state index >= 15 is 0 Å². The first-order chi connectivity index (χ1) is 10.00. The third kappa shape index (κ3) is 5.78. The lowest BCUT2D eigenvalue weighted by atomic mass is 9.93. The van der Waals surface area contributed by atoms with E-state index in [2.05, 4.69) is 49.2 Å². The van der Waals surface area contributed by atoms with Crippen LogP contribution < -0.4 is 5.32 Å². The molecule has 0 bridgehead atoms. The van der Waals surface area contributed by atoms with E-state index in [0.717, 1.165) is 45.1 Å². The third-order valence-corrected chi connectivity index (χ3v) is 3.88. The molecule has 6 heteroatoms. The second kappa shape index (κ2) is 8.74. The molecule has 1 N–H and O–H groups in total. The molecule has 0 unspecified atom stereocenters. The number of aryl methyl sites for hydroxylation is 2. The first-order valence-corrected chi connectivity index (χ1v) is 8.02. The van der Waals surface area contributed by atoms with E-state index in [1.165, 1.54) is 12.0 Å². The number of hydrogen-bond donors (Lipinski definition) is 1. The van der Waals surface area contributed by atoms with Gasteiger partial charge in [-0.05, 0) is 37.7 Å². The Hall–Kier alpha value is -0.790. The van der Waals surface area contributed by atoms with Gasteiger partial charge in [0.25, 0.3) is 0 Å². The van der Waals surface area contributed by atoms with Gasteiger partial charge >= 0.3 is 0 Å². The minimum absolute atomic E-state index is 0. The highest BCUT2D eigenvalue weighted by Crippen LogP contribution is 2.28. The van der Waals surface area contributed by atoms with Crippen LogP contribution in [0, 0.1) is 12.3 Å². The molecule has 0 amide bonds. The Morgan fingerprint density at radius 1 is 1.45 bits per heavy atom. The molecule has 22 heavy (non-hydrogen) atoms. The van der Waals surface area contributed by atoms with E-state index in [4.69, 9.17) is 4.99 Å². The fraction of sp³-hybridized carbons (Fsp3) is 0.750. The zero-order valence-electron chi connectivity index (χ0n) is 14.3. The minimum atomic E-state index is 0. The predicted molar refractivity (Wildman–Crippen MR) is 103 cm³/mol. The molecule has 0 atom stereocenters. The number of guanidine groups is 1. The van der Waals surface area contributed by atoms with E-state index in [-0.39, 0.29) is 24.0 Å². The average Bonchev–Trinajstić information content (AvgIpc) is 2.99. The summed E-state index contributed by atoms with van der Waals surface area (Å²) >= 11 is 0. The van der Waals surface area contributed by atoms with Crippen LogP contribution in [0.4, 0.5) is 0 Å². The summed E-state index contributed by atoms with van der Waals surface area (Å²) in [7, 11) is 0. The fourth-order valence-corrected chi connectivity index (χ4v) is 2.73. The standard InChI is InChI=1S/C16H29N5.HI/c1-5-17-15(20-10-7-16(3,4)13-20)18-8-6-9-21-12-14(2)11-19-21;/h11-12H,5-10,13H2,1-4H3,(H,17,18);1H. The number of aliphatic imine (C=N–C) groups is 1. The molecule has 1 aromatic rings. The smallest absolute Gasteiger partial charge is 0.193 e. The Morgan fingerprint density at radius 2 is 2.23 bits per heavy atom. The van der Waals surface area contributed by atoms with Crippen molar-refractivity contribution in [3.8, 4) is 0 Å². The van der Waals surface area contributed by atoms with Gasteiger partial charge in [-0.2, -0.15) is 5.10 Å². The van der Waals surface area contributed by atoms with Crippen molar-refractivity contribution in [3.63, 3.8) is 0 Å². The summed E-state index contributed by atoms with van der Waals surface area (Å²) in [5.74, 6) is 1.07.